The number of aryl methyl sites for hydroxylation is 3. The number of hydrogen-bond acceptors (Lipinski definition) is 6. The summed E-state index contributed by atoms with van der Waals surface area (Å²) in [4.78, 5) is 30.4. The maximum Gasteiger partial charge on any atom is 0.309 e. The van der Waals surface area contributed by atoms with Crippen molar-refractivity contribution in [3.8, 4) is 5.88 Å². The summed E-state index contributed by atoms with van der Waals surface area (Å²) in [6.45, 7) is 7.12. The van der Waals surface area contributed by atoms with Crippen molar-refractivity contribution < 1.29 is 19.1 Å². The predicted molar refractivity (Wildman–Crippen MR) is 99.4 cm³/mol. The van der Waals surface area contributed by atoms with Crippen LogP contribution in [0.1, 0.15) is 31.0 Å². The van der Waals surface area contributed by atoms with Gasteiger partial charge in [-0.1, -0.05) is 0 Å². The fourth-order valence-electron chi connectivity index (χ4n) is 3.56. The maximum atomic E-state index is 12.4. The lowest BCUT2D eigenvalue weighted by Gasteiger charge is -2.30. The van der Waals surface area contributed by atoms with E-state index >= 15 is 0 Å². The summed E-state index contributed by atoms with van der Waals surface area (Å²) < 4.78 is 12.4. The fraction of sp³-hybridized carbons (Fsp3) is 0.579. The molecule has 0 saturated carbocycles. The van der Waals surface area contributed by atoms with E-state index < -0.39 is 0 Å². The molecule has 1 amide bonds. The Morgan fingerprint density at radius 1 is 1.26 bits per heavy atom. The minimum Gasteiger partial charge on any atom is -0.467 e. The Balaban J connectivity index is 1.58. The van der Waals surface area contributed by atoms with E-state index in [9.17, 15) is 9.59 Å². The maximum absolute atomic E-state index is 12.4. The van der Waals surface area contributed by atoms with Gasteiger partial charge in [-0.3, -0.25) is 14.3 Å². The molecule has 8 nitrogen and oxygen atoms in total. The van der Waals surface area contributed by atoms with Gasteiger partial charge in [-0.25, -0.2) is 0 Å². The number of ether oxygens (including phenoxy) is 2. The number of piperidine rings is 1. The lowest BCUT2D eigenvalue weighted by atomic mass is 9.97. The first-order chi connectivity index (χ1) is 12.9. The number of carbonyl (C=O) groups excluding carboxylic acids is 2. The minimum absolute atomic E-state index is 0.0706. The van der Waals surface area contributed by atoms with Gasteiger partial charge in [0.15, 0.2) is 12.3 Å². The summed E-state index contributed by atoms with van der Waals surface area (Å²) in [6, 6.07) is 1.83. The highest BCUT2D eigenvalue weighted by Crippen LogP contribution is 2.24. The monoisotopic (exact) mass is 374 g/mol. The summed E-state index contributed by atoms with van der Waals surface area (Å²) >= 11 is 0. The molecular formula is C19H26N4O4. The first kappa shape index (κ1) is 19.1. The van der Waals surface area contributed by atoms with Crippen molar-refractivity contribution in [1.29, 1.82) is 0 Å². The molecule has 0 atom stereocenters. The number of carbonyl (C=O) groups is 2. The normalized spacial score (nSPS) is 15.2. The van der Waals surface area contributed by atoms with E-state index in [0.29, 0.717) is 38.4 Å². The van der Waals surface area contributed by atoms with Crippen LogP contribution in [0, 0.1) is 19.8 Å². The molecule has 0 spiro atoms. The second kappa shape index (κ2) is 7.94. The van der Waals surface area contributed by atoms with Gasteiger partial charge in [-0.2, -0.15) is 10.1 Å². The molecule has 0 unspecified atom stereocenters. The van der Waals surface area contributed by atoms with E-state index in [-0.39, 0.29) is 24.4 Å². The lowest BCUT2D eigenvalue weighted by molar-refractivity contribution is -0.151. The van der Waals surface area contributed by atoms with Crippen LogP contribution < -0.4 is 4.74 Å². The van der Waals surface area contributed by atoms with E-state index in [1.54, 1.807) is 16.5 Å². The molecule has 8 heteroatoms. The quantitative estimate of drug-likeness (QED) is 0.742. The number of esters is 1. The van der Waals surface area contributed by atoms with E-state index in [1.165, 1.54) is 0 Å². The number of amides is 1. The third kappa shape index (κ3) is 4.04. The molecule has 0 aromatic carbocycles. The van der Waals surface area contributed by atoms with Crippen molar-refractivity contribution in [3.05, 3.63) is 17.3 Å². The Bertz CT molecular complexity index is 853. The highest BCUT2D eigenvalue weighted by atomic mass is 16.5. The highest BCUT2D eigenvalue weighted by molar-refractivity contribution is 5.83. The molecule has 0 aliphatic carbocycles. The number of hydrogen-bond donors (Lipinski definition) is 0. The van der Waals surface area contributed by atoms with Crippen LogP contribution in [0.4, 0.5) is 0 Å². The third-order valence-electron chi connectivity index (χ3n) is 4.95. The summed E-state index contributed by atoms with van der Waals surface area (Å²) in [5.41, 5.74) is 2.68. The van der Waals surface area contributed by atoms with Crippen LogP contribution in [-0.4, -0.2) is 57.8 Å². The Labute approximate surface area is 158 Å². The number of fused-ring (bicyclic) bond motifs is 1. The Morgan fingerprint density at radius 3 is 2.63 bits per heavy atom. The molecule has 1 saturated heterocycles. The van der Waals surface area contributed by atoms with E-state index in [4.69, 9.17) is 9.47 Å². The van der Waals surface area contributed by atoms with Crippen LogP contribution in [0.2, 0.25) is 0 Å². The van der Waals surface area contributed by atoms with Crippen molar-refractivity contribution in [3.63, 3.8) is 0 Å². The predicted octanol–water partition coefficient (Wildman–Crippen LogP) is 1.77. The molecule has 0 N–H and O–H groups in total. The average molecular weight is 374 g/mol. The summed E-state index contributed by atoms with van der Waals surface area (Å²) in [7, 11) is 1.84. The second-order valence-corrected chi connectivity index (χ2v) is 6.88. The number of nitrogens with zero attached hydrogens (tertiary/aromatic N) is 4. The lowest BCUT2D eigenvalue weighted by Crippen LogP contribution is -2.42. The van der Waals surface area contributed by atoms with Crippen LogP contribution in [0.5, 0.6) is 5.88 Å². The van der Waals surface area contributed by atoms with Gasteiger partial charge in [-0.05, 0) is 39.2 Å². The zero-order valence-electron chi connectivity index (χ0n) is 16.3. The minimum atomic E-state index is -0.166. The van der Waals surface area contributed by atoms with Gasteiger partial charge >= 0.3 is 5.97 Å². The number of aromatic nitrogens is 3. The number of rotatable bonds is 5. The summed E-state index contributed by atoms with van der Waals surface area (Å²) in [5, 5.41) is 5.39. The van der Waals surface area contributed by atoms with Crippen molar-refractivity contribution >= 4 is 22.9 Å². The van der Waals surface area contributed by atoms with Gasteiger partial charge < -0.3 is 14.4 Å². The van der Waals surface area contributed by atoms with Crippen molar-refractivity contribution in [1.82, 2.24) is 19.7 Å². The second-order valence-electron chi connectivity index (χ2n) is 6.88. The van der Waals surface area contributed by atoms with Gasteiger partial charge in [-0.15, -0.1) is 0 Å². The smallest absolute Gasteiger partial charge is 0.309 e. The first-order valence-corrected chi connectivity index (χ1v) is 9.28. The number of likely N-dealkylation sites (tertiary alicyclic amines) is 1. The molecule has 1 aliphatic rings. The van der Waals surface area contributed by atoms with Crippen LogP contribution in [-0.2, 0) is 21.4 Å². The highest BCUT2D eigenvalue weighted by Gasteiger charge is 2.28. The molecule has 0 radical (unpaired) electrons. The molecule has 1 aliphatic heterocycles. The van der Waals surface area contributed by atoms with Crippen molar-refractivity contribution in [2.75, 3.05) is 26.3 Å². The van der Waals surface area contributed by atoms with E-state index in [0.717, 1.165) is 22.3 Å². The van der Waals surface area contributed by atoms with Crippen LogP contribution in [0.15, 0.2) is 6.07 Å². The molecule has 2 aromatic rings. The van der Waals surface area contributed by atoms with E-state index in [2.05, 4.69) is 10.1 Å². The summed E-state index contributed by atoms with van der Waals surface area (Å²) in [5.74, 6) is 0.0332. The molecule has 3 rings (SSSR count). The standard InChI is InChI=1S/C19H26N4O4/c1-5-26-19(25)14-6-8-23(9-7-14)16(24)11-27-15-10-12(2)17-13(3)21-22(4)18(17)20-15/h10,14H,5-9,11H2,1-4H3. The topological polar surface area (TPSA) is 86.5 Å². The first-order valence-electron chi connectivity index (χ1n) is 9.28. The van der Waals surface area contributed by atoms with E-state index in [1.807, 2.05) is 27.0 Å². The molecule has 3 heterocycles. The molecular weight excluding hydrogens is 348 g/mol. The molecule has 146 valence electrons. The van der Waals surface area contributed by atoms with Crippen LogP contribution in [0.3, 0.4) is 0 Å². The van der Waals surface area contributed by atoms with Crippen molar-refractivity contribution in [2.45, 2.75) is 33.6 Å². The molecule has 0 bridgehead atoms. The van der Waals surface area contributed by atoms with Gasteiger partial charge in [0.2, 0.25) is 5.88 Å². The molecule has 27 heavy (non-hydrogen) atoms. The third-order valence-corrected chi connectivity index (χ3v) is 4.95. The average Bonchev–Trinajstić information content (AvgIpc) is 2.94. The largest absolute Gasteiger partial charge is 0.467 e. The SMILES string of the molecule is CCOC(=O)C1CCN(C(=O)COc2cc(C)c3c(C)nn(C)c3n2)CC1. The van der Waals surface area contributed by atoms with Gasteiger partial charge in [0, 0.05) is 31.6 Å². The van der Waals surface area contributed by atoms with Crippen molar-refractivity contribution in [2.24, 2.45) is 13.0 Å². The van der Waals surface area contributed by atoms with Gasteiger partial charge in [0.05, 0.1) is 18.2 Å². The zero-order valence-corrected chi connectivity index (χ0v) is 16.3. The Morgan fingerprint density at radius 2 is 1.96 bits per heavy atom. The van der Waals surface area contributed by atoms with Crippen LogP contribution in [0.25, 0.3) is 11.0 Å². The molecule has 1 fully saturated rings. The Hall–Kier alpha value is -2.64. The Kier molecular flexibility index (Phi) is 5.62. The van der Waals surface area contributed by atoms with Crippen LogP contribution >= 0.6 is 0 Å². The summed E-state index contributed by atoms with van der Waals surface area (Å²) in [6.07, 6.45) is 1.25. The number of pyridine rings is 1. The van der Waals surface area contributed by atoms with Gasteiger partial charge in [0.25, 0.3) is 5.91 Å². The zero-order chi connectivity index (χ0) is 19.6. The van der Waals surface area contributed by atoms with Gasteiger partial charge in [0.1, 0.15) is 0 Å². The fourth-order valence-corrected chi connectivity index (χ4v) is 3.56. The molecule has 2 aromatic heterocycles.